The zero-order valence-electron chi connectivity index (χ0n) is 8.44. The standard InChI is InChI=1S/C7H9Cl2N2O4P/c1-13-16(12,14-2)15-6(7(8)9)5-3-4-10-11-5/h3-4H,1-2H3,(H,10,11). The van der Waals surface area contributed by atoms with Crippen LogP contribution >= 0.6 is 31.0 Å². The van der Waals surface area contributed by atoms with Crippen LogP contribution in [0.1, 0.15) is 5.69 Å². The third-order valence-corrected chi connectivity index (χ3v) is 3.21. The Labute approximate surface area is 102 Å². The lowest BCUT2D eigenvalue weighted by molar-refractivity contribution is 0.201. The molecule has 1 aromatic heterocycles. The summed E-state index contributed by atoms with van der Waals surface area (Å²) in [5.74, 6) is -0.0622. The van der Waals surface area contributed by atoms with Crippen LogP contribution in [0.5, 0.6) is 0 Å². The molecule has 16 heavy (non-hydrogen) atoms. The molecule has 1 aromatic rings. The van der Waals surface area contributed by atoms with Gasteiger partial charge in [-0.2, -0.15) is 5.10 Å². The Morgan fingerprint density at radius 2 is 2.06 bits per heavy atom. The molecule has 0 aromatic carbocycles. The van der Waals surface area contributed by atoms with E-state index in [0.717, 1.165) is 0 Å². The van der Waals surface area contributed by atoms with Crippen LogP contribution in [0.3, 0.4) is 0 Å². The van der Waals surface area contributed by atoms with Gasteiger partial charge in [-0.15, -0.1) is 0 Å². The van der Waals surface area contributed by atoms with E-state index >= 15 is 0 Å². The van der Waals surface area contributed by atoms with E-state index in [4.69, 9.17) is 27.7 Å². The Morgan fingerprint density at radius 1 is 1.44 bits per heavy atom. The Morgan fingerprint density at radius 3 is 2.44 bits per heavy atom. The second-order valence-electron chi connectivity index (χ2n) is 2.46. The summed E-state index contributed by atoms with van der Waals surface area (Å²) < 4.78 is 25.7. The van der Waals surface area contributed by atoms with Gasteiger partial charge in [0.2, 0.25) is 0 Å². The zero-order valence-corrected chi connectivity index (χ0v) is 10.8. The predicted molar refractivity (Wildman–Crippen MR) is 59.9 cm³/mol. The van der Waals surface area contributed by atoms with Gasteiger partial charge in [-0.1, -0.05) is 23.2 Å². The number of H-pyrrole nitrogens is 1. The van der Waals surface area contributed by atoms with Crippen molar-refractivity contribution in [3.8, 4) is 0 Å². The molecule has 0 radical (unpaired) electrons. The van der Waals surface area contributed by atoms with Crippen molar-refractivity contribution < 1.29 is 18.1 Å². The smallest absolute Gasteiger partial charge is 0.399 e. The fourth-order valence-electron chi connectivity index (χ4n) is 0.829. The first-order valence-electron chi connectivity index (χ1n) is 3.98. The highest BCUT2D eigenvalue weighted by Gasteiger charge is 2.28. The quantitative estimate of drug-likeness (QED) is 0.665. The number of phosphoric acid groups is 1. The van der Waals surface area contributed by atoms with Crippen LogP contribution in [0.25, 0.3) is 5.76 Å². The normalized spacial score (nSPS) is 11.2. The number of aromatic nitrogens is 2. The van der Waals surface area contributed by atoms with E-state index in [1.54, 1.807) is 0 Å². The topological polar surface area (TPSA) is 73.4 Å². The summed E-state index contributed by atoms with van der Waals surface area (Å²) >= 11 is 11.2. The maximum atomic E-state index is 11.7. The summed E-state index contributed by atoms with van der Waals surface area (Å²) in [5.41, 5.74) is 0.356. The van der Waals surface area contributed by atoms with Gasteiger partial charge >= 0.3 is 7.82 Å². The molecule has 0 atom stereocenters. The van der Waals surface area contributed by atoms with Crippen molar-refractivity contribution in [3.05, 3.63) is 22.4 Å². The van der Waals surface area contributed by atoms with Crippen LogP contribution in [0.15, 0.2) is 16.8 Å². The van der Waals surface area contributed by atoms with E-state index in [2.05, 4.69) is 19.2 Å². The molecule has 1 heterocycles. The molecule has 0 saturated carbocycles. The number of rotatable bonds is 5. The molecule has 0 bridgehead atoms. The minimum atomic E-state index is -3.71. The highest BCUT2D eigenvalue weighted by Crippen LogP contribution is 2.52. The minimum absolute atomic E-state index is 0.0622. The predicted octanol–water partition coefficient (Wildman–Crippen LogP) is 2.93. The van der Waals surface area contributed by atoms with Gasteiger partial charge in [0.25, 0.3) is 0 Å². The van der Waals surface area contributed by atoms with E-state index < -0.39 is 7.82 Å². The number of hydrogen-bond donors (Lipinski definition) is 1. The van der Waals surface area contributed by atoms with Gasteiger partial charge in [0, 0.05) is 20.4 Å². The number of halogens is 2. The van der Waals surface area contributed by atoms with Crippen LogP contribution in [0.4, 0.5) is 0 Å². The Hall–Kier alpha value is -0.520. The molecule has 1 N–H and O–H groups in total. The van der Waals surface area contributed by atoms with Crippen LogP contribution in [-0.4, -0.2) is 24.4 Å². The van der Waals surface area contributed by atoms with Crippen molar-refractivity contribution in [2.45, 2.75) is 0 Å². The van der Waals surface area contributed by atoms with Gasteiger partial charge < -0.3 is 4.52 Å². The van der Waals surface area contributed by atoms with Gasteiger partial charge in [0.05, 0.1) is 0 Å². The molecule has 0 aliphatic rings. The lowest BCUT2D eigenvalue weighted by atomic mass is 10.4. The summed E-state index contributed by atoms with van der Waals surface area (Å²) in [7, 11) is -1.35. The van der Waals surface area contributed by atoms with E-state index in [9.17, 15) is 4.57 Å². The third-order valence-electron chi connectivity index (χ3n) is 1.57. The number of aromatic amines is 1. The molecule has 0 aliphatic carbocycles. The first-order valence-corrected chi connectivity index (χ1v) is 6.20. The molecule has 1 rings (SSSR count). The van der Waals surface area contributed by atoms with E-state index in [0.29, 0.717) is 5.69 Å². The molecular formula is C7H9Cl2N2O4P. The largest absolute Gasteiger partial charge is 0.529 e. The van der Waals surface area contributed by atoms with Crippen LogP contribution < -0.4 is 0 Å². The van der Waals surface area contributed by atoms with Crippen LogP contribution in [0, 0.1) is 0 Å². The summed E-state index contributed by atoms with van der Waals surface area (Å²) in [6.07, 6.45) is 1.46. The summed E-state index contributed by atoms with van der Waals surface area (Å²) in [6, 6.07) is 1.54. The fraction of sp³-hybridized carbons (Fsp3) is 0.286. The third kappa shape index (κ3) is 3.23. The second-order valence-corrected chi connectivity index (χ2v) is 5.22. The number of nitrogens with one attached hydrogen (secondary N) is 1. The summed E-state index contributed by atoms with van der Waals surface area (Å²) in [5, 5.41) is 6.23. The Bertz CT molecular complexity index is 408. The van der Waals surface area contributed by atoms with Crippen LogP contribution in [0.2, 0.25) is 0 Å². The first-order chi connectivity index (χ1) is 7.52. The van der Waals surface area contributed by atoms with Crippen molar-refractivity contribution in [1.82, 2.24) is 10.2 Å². The monoisotopic (exact) mass is 286 g/mol. The highest BCUT2D eigenvalue weighted by atomic mass is 35.5. The Kier molecular flexibility index (Phi) is 4.83. The van der Waals surface area contributed by atoms with Gasteiger partial charge in [0.15, 0.2) is 10.3 Å². The Balaban J connectivity index is 3.00. The fourth-order valence-corrected chi connectivity index (χ4v) is 1.93. The first kappa shape index (κ1) is 13.5. The number of hydrogen-bond acceptors (Lipinski definition) is 5. The summed E-state index contributed by atoms with van der Waals surface area (Å²) in [4.78, 5) is 0. The molecule has 0 saturated heterocycles. The number of phosphoric ester groups is 1. The number of nitrogens with zero attached hydrogens (tertiary/aromatic N) is 1. The van der Waals surface area contributed by atoms with Gasteiger partial charge in [0.1, 0.15) is 5.69 Å². The van der Waals surface area contributed by atoms with E-state index in [1.807, 2.05) is 0 Å². The van der Waals surface area contributed by atoms with E-state index in [-0.39, 0.29) is 10.3 Å². The maximum absolute atomic E-state index is 11.7. The highest BCUT2D eigenvalue weighted by molar-refractivity contribution is 7.48. The van der Waals surface area contributed by atoms with Crippen molar-refractivity contribution in [1.29, 1.82) is 0 Å². The molecule has 9 heteroatoms. The van der Waals surface area contributed by atoms with Crippen molar-refractivity contribution >= 4 is 36.8 Å². The lowest BCUT2D eigenvalue weighted by Gasteiger charge is -2.15. The van der Waals surface area contributed by atoms with Gasteiger partial charge in [-0.25, -0.2) is 4.57 Å². The molecule has 0 aliphatic heterocycles. The molecule has 0 unspecified atom stereocenters. The van der Waals surface area contributed by atoms with E-state index in [1.165, 1.54) is 26.5 Å². The summed E-state index contributed by atoms with van der Waals surface area (Å²) in [6.45, 7) is 0. The SMILES string of the molecule is COP(=O)(OC)OC(=C(Cl)Cl)c1ccn[nH]1. The lowest BCUT2D eigenvalue weighted by Crippen LogP contribution is -1.96. The molecular weight excluding hydrogens is 278 g/mol. The molecule has 6 nitrogen and oxygen atoms in total. The van der Waals surface area contributed by atoms with Crippen LogP contribution in [-0.2, 0) is 18.1 Å². The van der Waals surface area contributed by atoms with Crippen molar-refractivity contribution in [2.75, 3.05) is 14.2 Å². The minimum Gasteiger partial charge on any atom is -0.399 e. The maximum Gasteiger partial charge on any atom is 0.529 e. The van der Waals surface area contributed by atoms with Gasteiger partial charge in [-0.05, 0) is 6.07 Å². The molecule has 0 amide bonds. The average Bonchev–Trinajstić information content (AvgIpc) is 2.78. The van der Waals surface area contributed by atoms with Crippen molar-refractivity contribution in [3.63, 3.8) is 0 Å². The average molecular weight is 287 g/mol. The second kappa shape index (κ2) is 5.70. The zero-order chi connectivity index (χ0) is 12.2. The van der Waals surface area contributed by atoms with Gasteiger partial charge in [-0.3, -0.25) is 14.1 Å². The molecule has 90 valence electrons. The molecule has 0 fully saturated rings. The van der Waals surface area contributed by atoms with Crippen molar-refractivity contribution in [2.24, 2.45) is 0 Å². The molecule has 0 spiro atoms.